The molecule has 0 bridgehead atoms. The third kappa shape index (κ3) is 7.77. The summed E-state index contributed by atoms with van der Waals surface area (Å²) in [6, 6.07) is 25.7. The molecule has 178 valence electrons. The van der Waals surface area contributed by atoms with Crippen molar-refractivity contribution >= 4 is 11.7 Å². The Morgan fingerprint density at radius 1 is 0.824 bits per heavy atom. The van der Waals surface area contributed by atoms with Gasteiger partial charge in [0.1, 0.15) is 30.4 Å². The van der Waals surface area contributed by atoms with Crippen LogP contribution < -0.4 is 9.47 Å². The van der Waals surface area contributed by atoms with Crippen LogP contribution in [0.4, 0.5) is 0 Å². The third-order valence-corrected chi connectivity index (χ3v) is 5.31. The number of hydrogen-bond donors (Lipinski definition) is 1. The highest BCUT2D eigenvalue weighted by Crippen LogP contribution is 2.33. The quantitative estimate of drug-likeness (QED) is 0.246. The molecule has 0 fully saturated rings. The van der Waals surface area contributed by atoms with Crippen LogP contribution in [0.1, 0.15) is 49.8 Å². The van der Waals surface area contributed by atoms with Gasteiger partial charge in [0.25, 0.3) is 0 Å². The van der Waals surface area contributed by atoms with Gasteiger partial charge in [-0.15, -0.1) is 0 Å². The molecule has 3 aromatic rings. The van der Waals surface area contributed by atoms with Crippen molar-refractivity contribution in [2.45, 2.75) is 46.3 Å². The van der Waals surface area contributed by atoms with Gasteiger partial charge in [-0.2, -0.15) is 0 Å². The SMILES string of the molecule is CC(C)COC(=O)C(=N)CC(C)c1ccc(OCc2ccccc2)cc1OCc1ccccc1. The Bertz CT molecular complexity index is 1060. The van der Waals surface area contributed by atoms with Gasteiger partial charge >= 0.3 is 5.97 Å². The number of benzene rings is 3. The molecule has 0 aliphatic heterocycles. The molecule has 1 atom stereocenters. The molecule has 0 aliphatic carbocycles. The highest BCUT2D eigenvalue weighted by Gasteiger charge is 2.20. The number of rotatable bonds is 12. The van der Waals surface area contributed by atoms with Crippen LogP contribution >= 0.6 is 0 Å². The van der Waals surface area contributed by atoms with Crippen molar-refractivity contribution in [3.05, 3.63) is 95.6 Å². The van der Waals surface area contributed by atoms with Gasteiger partial charge in [-0.3, -0.25) is 5.41 Å². The molecule has 0 aliphatic rings. The van der Waals surface area contributed by atoms with Crippen LogP contribution in [0.2, 0.25) is 0 Å². The molecule has 0 aromatic heterocycles. The van der Waals surface area contributed by atoms with Gasteiger partial charge in [0.2, 0.25) is 0 Å². The van der Waals surface area contributed by atoms with Crippen molar-refractivity contribution in [3.63, 3.8) is 0 Å². The van der Waals surface area contributed by atoms with Crippen molar-refractivity contribution < 1.29 is 19.0 Å². The fourth-order valence-electron chi connectivity index (χ4n) is 3.44. The molecule has 0 saturated carbocycles. The highest BCUT2D eigenvalue weighted by molar-refractivity contribution is 6.35. The van der Waals surface area contributed by atoms with Gasteiger partial charge in [0, 0.05) is 12.5 Å². The summed E-state index contributed by atoms with van der Waals surface area (Å²) in [7, 11) is 0. The van der Waals surface area contributed by atoms with E-state index in [1.54, 1.807) is 0 Å². The van der Waals surface area contributed by atoms with E-state index in [4.69, 9.17) is 19.6 Å². The van der Waals surface area contributed by atoms with Crippen molar-refractivity contribution in [1.82, 2.24) is 0 Å². The molecular formula is C29H33NO4. The standard InChI is InChI=1S/C29H33NO4/c1-21(2)18-34-29(31)27(30)16-22(3)26-15-14-25(32-19-23-10-6-4-7-11-23)17-28(26)33-20-24-12-8-5-9-13-24/h4-15,17,21-22,30H,16,18-20H2,1-3H3. The number of carbonyl (C=O) groups is 1. The first-order valence-corrected chi connectivity index (χ1v) is 11.6. The van der Waals surface area contributed by atoms with Gasteiger partial charge in [0.15, 0.2) is 0 Å². The van der Waals surface area contributed by atoms with Crippen molar-refractivity contribution in [3.8, 4) is 11.5 Å². The molecule has 5 heteroatoms. The van der Waals surface area contributed by atoms with E-state index in [1.807, 2.05) is 99.6 Å². The monoisotopic (exact) mass is 459 g/mol. The second kappa shape index (κ2) is 12.6. The lowest BCUT2D eigenvalue weighted by Gasteiger charge is -2.19. The van der Waals surface area contributed by atoms with E-state index in [1.165, 1.54) is 0 Å². The first-order valence-electron chi connectivity index (χ1n) is 11.6. The van der Waals surface area contributed by atoms with Crippen LogP contribution in [0, 0.1) is 11.3 Å². The summed E-state index contributed by atoms with van der Waals surface area (Å²) in [4.78, 5) is 12.2. The van der Waals surface area contributed by atoms with Crippen LogP contribution in [-0.2, 0) is 22.7 Å². The molecule has 0 heterocycles. The second-order valence-electron chi connectivity index (χ2n) is 8.82. The summed E-state index contributed by atoms with van der Waals surface area (Å²) in [6.45, 7) is 7.11. The van der Waals surface area contributed by atoms with Gasteiger partial charge in [-0.25, -0.2) is 4.79 Å². The minimum atomic E-state index is -0.560. The number of nitrogens with one attached hydrogen (secondary N) is 1. The molecular weight excluding hydrogens is 426 g/mol. The second-order valence-corrected chi connectivity index (χ2v) is 8.82. The smallest absolute Gasteiger partial charge is 0.351 e. The maximum absolute atomic E-state index is 12.2. The Morgan fingerprint density at radius 3 is 2.00 bits per heavy atom. The number of carbonyl (C=O) groups excluding carboxylic acids is 1. The fraction of sp³-hybridized carbons (Fsp3) is 0.310. The van der Waals surface area contributed by atoms with Crippen molar-refractivity contribution in [2.75, 3.05) is 6.61 Å². The third-order valence-electron chi connectivity index (χ3n) is 5.31. The van der Waals surface area contributed by atoms with E-state index in [0.717, 1.165) is 16.7 Å². The highest BCUT2D eigenvalue weighted by atomic mass is 16.5. The lowest BCUT2D eigenvalue weighted by Crippen LogP contribution is -2.20. The van der Waals surface area contributed by atoms with E-state index in [2.05, 4.69) is 0 Å². The summed E-state index contributed by atoms with van der Waals surface area (Å²) in [5.41, 5.74) is 3.03. The Hall–Kier alpha value is -3.60. The van der Waals surface area contributed by atoms with Crippen LogP contribution in [0.3, 0.4) is 0 Å². The van der Waals surface area contributed by atoms with Crippen LogP contribution in [0.25, 0.3) is 0 Å². The zero-order valence-corrected chi connectivity index (χ0v) is 20.1. The van der Waals surface area contributed by atoms with Crippen molar-refractivity contribution in [1.29, 1.82) is 5.41 Å². The molecule has 0 amide bonds. The van der Waals surface area contributed by atoms with E-state index < -0.39 is 5.97 Å². The first kappa shape index (κ1) is 25.0. The van der Waals surface area contributed by atoms with Gasteiger partial charge in [0.05, 0.1) is 6.61 Å². The summed E-state index contributed by atoms with van der Waals surface area (Å²) < 4.78 is 17.4. The minimum absolute atomic E-state index is 0.0356. The maximum Gasteiger partial charge on any atom is 0.351 e. The Kier molecular flexibility index (Phi) is 9.27. The molecule has 0 radical (unpaired) electrons. The van der Waals surface area contributed by atoms with E-state index in [0.29, 0.717) is 31.3 Å². The Balaban J connectivity index is 1.73. The van der Waals surface area contributed by atoms with Gasteiger partial charge in [-0.05, 0) is 34.6 Å². The van der Waals surface area contributed by atoms with Crippen LogP contribution in [0.5, 0.6) is 11.5 Å². The molecule has 3 aromatic carbocycles. The molecule has 0 spiro atoms. The molecule has 3 rings (SSSR count). The number of ether oxygens (including phenoxy) is 3. The summed E-state index contributed by atoms with van der Waals surface area (Å²) in [5, 5.41) is 8.19. The van der Waals surface area contributed by atoms with Crippen molar-refractivity contribution in [2.24, 2.45) is 5.92 Å². The summed E-state index contributed by atoms with van der Waals surface area (Å²) in [6.07, 6.45) is 0.267. The molecule has 5 nitrogen and oxygen atoms in total. The minimum Gasteiger partial charge on any atom is -0.489 e. The Labute approximate surface area is 202 Å². The average molecular weight is 460 g/mol. The summed E-state index contributed by atoms with van der Waals surface area (Å²) in [5.74, 6) is 0.957. The number of esters is 1. The average Bonchev–Trinajstić information content (AvgIpc) is 2.85. The first-order chi connectivity index (χ1) is 16.4. The van der Waals surface area contributed by atoms with Gasteiger partial charge < -0.3 is 14.2 Å². The predicted molar refractivity (Wildman–Crippen MR) is 135 cm³/mol. The lowest BCUT2D eigenvalue weighted by atomic mass is 9.94. The van der Waals surface area contributed by atoms with Gasteiger partial charge in [-0.1, -0.05) is 87.5 Å². The fourth-order valence-corrected chi connectivity index (χ4v) is 3.44. The lowest BCUT2D eigenvalue weighted by molar-refractivity contribution is -0.136. The topological polar surface area (TPSA) is 68.6 Å². The zero-order valence-electron chi connectivity index (χ0n) is 20.1. The summed E-state index contributed by atoms with van der Waals surface area (Å²) >= 11 is 0. The largest absolute Gasteiger partial charge is 0.489 e. The molecule has 1 unspecified atom stereocenters. The Morgan fingerprint density at radius 2 is 1.41 bits per heavy atom. The van der Waals surface area contributed by atoms with E-state index in [-0.39, 0.29) is 24.0 Å². The van der Waals surface area contributed by atoms with Crippen LogP contribution in [0.15, 0.2) is 78.9 Å². The van der Waals surface area contributed by atoms with E-state index >= 15 is 0 Å². The van der Waals surface area contributed by atoms with Crippen LogP contribution in [-0.4, -0.2) is 18.3 Å². The van der Waals surface area contributed by atoms with E-state index in [9.17, 15) is 4.79 Å². The molecule has 34 heavy (non-hydrogen) atoms. The number of hydrogen-bond acceptors (Lipinski definition) is 5. The normalized spacial score (nSPS) is 11.6. The molecule has 0 saturated heterocycles. The molecule has 1 N–H and O–H groups in total. The maximum atomic E-state index is 12.2. The zero-order chi connectivity index (χ0) is 24.3. The predicted octanol–water partition coefficient (Wildman–Crippen LogP) is 6.56.